The number of fused-ring (bicyclic) bond motifs is 1. The molecular weight excluding hydrogens is 406 g/mol. The van der Waals surface area contributed by atoms with Crippen LogP contribution < -0.4 is 5.32 Å². The first-order chi connectivity index (χ1) is 14.4. The second-order valence-corrected chi connectivity index (χ2v) is 9.00. The lowest BCUT2D eigenvalue weighted by Gasteiger charge is -2.30. The number of anilines is 1. The number of carbonyl (C=O) groups excluding carboxylic acids is 1. The molecule has 1 amide bonds. The highest BCUT2D eigenvalue weighted by molar-refractivity contribution is 6.30. The van der Waals surface area contributed by atoms with E-state index < -0.39 is 5.82 Å². The van der Waals surface area contributed by atoms with Crippen LogP contribution in [0.25, 0.3) is 10.9 Å². The molecule has 2 aromatic carbocycles. The number of benzene rings is 2. The first-order valence-electron chi connectivity index (χ1n) is 10.3. The summed E-state index contributed by atoms with van der Waals surface area (Å²) in [5.41, 5.74) is 2.13. The second-order valence-electron chi connectivity index (χ2n) is 8.57. The van der Waals surface area contributed by atoms with Crippen LogP contribution in [-0.4, -0.2) is 10.9 Å². The molecule has 1 spiro atoms. The van der Waals surface area contributed by atoms with Gasteiger partial charge in [0.15, 0.2) is 0 Å². The van der Waals surface area contributed by atoms with Gasteiger partial charge in [-0.25, -0.2) is 8.78 Å². The van der Waals surface area contributed by atoms with E-state index in [0.29, 0.717) is 10.9 Å². The molecule has 1 aromatic heterocycles. The van der Waals surface area contributed by atoms with E-state index in [-0.39, 0.29) is 28.7 Å². The molecule has 1 heterocycles. The van der Waals surface area contributed by atoms with E-state index in [0.717, 1.165) is 48.6 Å². The van der Waals surface area contributed by atoms with Gasteiger partial charge in [-0.2, -0.15) is 0 Å². The lowest BCUT2D eigenvalue weighted by atomic mass is 9.75. The van der Waals surface area contributed by atoms with Crippen LogP contribution in [-0.2, 0) is 4.79 Å². The topological polar surface area (TPSA) is 42.0 Å². The van der Waals surface area contributed by atoms with E-state index in [4.69, 9.17) is 11.6 Å². The van der Waals surface area contributed by atoms with Crippen molar-refractivity contribution in [1.82, 2.24) is 4.98 Å². The van der Waals surface area contributed by atoms with Crippen LogP contribution >= 0.6 is 11.6 Å². The Kier molecular flexibility index (Phi) is 4.73. The van der Waals surface area contributed by atoms with Gasteiger partial charge in [0.25, 0.3) is 0 Å². The molecule has 0 radical (unpaired) electrons. The normalized spacial score (nSPS) is 25.4. The average molecular weight is 427 g/mol. The molecule has 3 nitrogen and oxygen atoms in total. The molecule has 3 aromatic rings. The van der Waals surface area contributed by atoms with Crippen LogP contribution in [0.2, 0.25) is 5.02 Å². The Hall–Kier alpha value is -2.53. The molecule has 2 aliphatic carbocycles. The van der Waals surface area contributed by atoms with Crippen LogP contribution in [0.4, 0.5) is 14.5 Å². The van der Waals surface area contributed by atoms with Crippen LogP contribution in [0.3, 0.4) is 0 Å². The number of hydrogen-bond donors (Lipinski definition) is 1. The number of nitrogens with zero attached hydrogens (tertiary/aromatic N) is 1. The second kappa shape index (κ2) is 7.31. The molecule has 2 saturated carbocycles. The summed E-state index contributed by atoms with van der Waals surface area (Å²) < 4.78 is 27.8. The van der Waals surface area contributed by atoms with E-state index >= 15 is 0 Å². The predicted molar refractivity (Wildman–Crippen MR) is 113 cm³/mol. The molecule has 0 unspecified atom stereocenters. The quantitative estimate of drug-likeness (QED) is 0.521. The SMILES string of the molecule is O=C(Nc1ccc(Cl)cc1F)[C@H]1C[C@]12CC[C@H](c1ccnc3ccc(F)cc31)CC2. The maximum atomic E-state index is 14.0. The molecule has 2 fully saturated rings. The molecular formula is C24H21ClF2N2O. The van der Waals surface area contributed by atoms with Gasteiger partial charge in [-0.15, -0.1) is 0 Å². The number of carbonyl (C=O) groups is 1. The molecule has 154 valence electrons. The summed E-state index contributed by atoms with van der Waals surface area (Å²) in [6, 6.07) is 11.0. The van der Waals surface area contributed by atoms with E-state index in [1.54, 1.807) is 24.4 Å². The van der Waals surface area contributed by atoms with Crippen LogP contribution in [0.15, 0.2) is 48.7 Å². The third kappa shape index (κ3) is 3.45. The molecule has 5 rings (SSSR count). The molecule has 1 atom stereocenters. The zero-order valence-electron chi connectivity index (χ0n) is 16.3. The number of hydrogen-bond acceptors (Lipinski definition) is 2. The van der Waals surface area contributed by atoms with Crippen molar-refractivity contribution >= 4 is 34.1 Å². The summed E-state index contributed by atoms with van der Waals surface area (Å²) in [6.45, 7) is 0. The van der Waals surface area contributed by atoms with Crippen molar-refractivity contribution < 1.29 is 13.6 Å². The summed E-state index contributed by atoms with van der Waals surface area (Å²) in [6.07, 6.45) is 6.42. The third-order valence-corrected chi connectivity index (χ3v) is 7.09. The van der Waals surface area contributed by atoms with Gasteiger partial charge in [-0.3, -0.25) is 9.78 Å². The van der Waals surface area contributed by atoms with Gasteiger partial charge < -0.3 is 5.32 Å². The minimum Gasteiger partial charge on any atom is -0.323 e. The molecule has 1 N–H and O–H groups in total. The first kappa shape index (κ1) is 19.4. The largest absolute Gasteiger partial charge is 0.323 e. The molecule has 0 bridgehead atoms. The Bertz CT molecular complexity index is 1140. The van der Waals surface area contributed by atoms with Crippen LogP contribution in [0.1, 0.15) is 43.6 Å². The molecule has 30 heavy (non-hydrogen) atoms. The van der Waals surface area contributed by atoms with Crippen molar-refractivity contribution in [1.29, 1.82) is 0 Å². The highest BCUT2D eigenvalue weighted by Gasteiger charge is 2.58. The van der Waals surface area contributed by atoms with Gasteiger partial charge in [0.05, 0.1) is 11.2 Å². The lowest BCUT2D eigenvalue weighted by molar-refractivity contribution is -0.118. The molecule has 6 heteroatoms. The summed E-state index contributed by atoms with van der Waals surface area (Å²) in [4.78, 5) is 17.0. The Morgan fingerprint density at radius 1 is 1.10 bits per heavy atom. The van der Waals surface area contributed by atoms with Gasteiger partial charge in [0, 0.05) is 22.5 Å². The summed E-state index contributed by atoms with van der Waals surface area (Å²) >= 11 is 5.78. The minimum atomic E-state index is -0.522. The smallest absolute Gasteiger partial charge is 0.228 e. The van der Waals surface area contributed by atoms with Crippen LogP contribution in [0.5, 0.6) is 0 Å². The third-order valence-electron chi connectivity index (χ3n) is 6.85. The fraction of sp³-hybridized carbons (Fsp3) is 0.333. The van der Waals surface area contributed by atoms with Crippen LogP contribution in [0, 0.1) is 23.0 Å². The fourth-order valence-corrected chi connectivity index (χ4v) is 5.24. The first-order valence-corrected chi connectivity index (χ1v) is 10.6. The Balaban J connectivity index is 1.27. The maximum absolute atomic E-state index is 14.0. The fourth-order valence-electron chi connectivity index (χ4n) is 5.08. The minimum absolute atomic E-state index is 0.0115. The van der Waals surface area contributed by atoms with Crippen molar-refractivity contribution in [3.05, 3.63) is 70.9 Å². The number of rotatable bonds is 3. The molecule has 0 saturated heterocycles. The average Bonchev–Trinajstić information content (AvgIpc) is 3.44. The van der Waals surface area contributed by atoms with E-state index in [1.807, 2.05) is 6.07 Å². The van der Waals surface area contributed by atoms with Gasteiger partial charge in [0.2, 0.25) is 5.91 Å². The highest BCUT2D eigenvalue weighted by atomic mass is 35.5. The standard InChI is InChI=1S/C24H21ClF2N2O/c25-15-1-3-22(20(27)11-15)29-23(30)19-13-24(19)8-5-14(6-9-24)17-7-10-28-21-4-2-16(26)12-18(17)21/h1-4,7,10-12,14,19H,5-6,8-9,13H2,(H,29,30)/t14-,19-,24+/m1/s1. The van der Waals surface area contributed by atoms with Gasteiger partial charge in [-0.1, -0.05) is 11.6 Å². The lowest BCUT2D eigenvalue weighted by Crippen LogP contribution is -2.23. The number of halogens is 3. The Morgan fingerprint density at radius 2 is 1.90 bits per heavy atom. The zero-order valence-corrected chi connectivity index (χ0v) is 17.1. The van der Waals surface area contributed by atoms with Crippen molar-refractivity contribution in [3.63, 3.8) is 0 Å². The van der Waals surface area contributed by atoms with Gasteiger partial charge in [-0.05, 0) is 91.5 Å². The van der Waals surface area contributed by atoms with Crippen molar-refractivity contribution in [3.8, 4) is 0 Å². The van der Waals surface area contributed by atoms with E-state index in [9.17, 15) is 13.6 Å². The van der Waals surface area contributed by atoms with Gasteiger partial charge >= 0.3 is 0 Å². The number of pyridine rings is 1. The van der Waals surface area contributed by atoms with E-state index in [1.165, 1.54) is 18.2 Å². The Labute approximate surface area is 178 Å². The van der Waals surface area contributed by atoms with Crippen molar-refractivity contribution in [2.45, 2.75) is 38.0 Å². The summed E-state index contributed by atoms with van der Waals surface area (Å²) in [7, 11) is 0. The summed E-state index contributed by atoms with van der Waals surface area (Å²) in [5, 5.41) is 3.90. The number of amides is 1. The molecule has 0 aliphatic heterocycles. The summed E-state index contributed by atoms with van der Waals surface area (Å²) in [5.74, 6) is -0.643. The zero-order chi connectivity index (χ0) is 20.9. The van der Waals surface area contributed by atoms with Crippen molar-refractivity contribution in [2.24, 2.45) is 11.3 Å². The van der Waals surface area contributed by atoms with Crippen molar-refractivity contribution in [2.75, 3.05) is 5.32 Å². The maximum Gasteiger partial charge on any atom is 0.228 e. The monoisotopic (exact) mass is 426 g/mol. The number of aromatic nitrogens is 1. The van der Waals surface area contributed by atoms with Gasteiger partial charge in [0.1, 0.15) is 11.6 Å². The molecule has 2 aliphatic rings. The predicted octanol–water partition coefficient (Wildman–Crippen LogP) is 6.47. The Morgan fingerprint density at radius 3 is 2.67 bits per heavy atom. The van der Waals surface area contributed by atoms with E-state index in [2.05, 4.69) is 10.3 Å². The number of nitrogens with one attached hydrogen (secondary N) is 1. The highest BCUT2D eigenvalue weighted by Crippen LogP contribution is 2.63.